The molecule has 1 N–H and O–H groups in total. The number of carbonyl (C=O) groups is 3. The number of urea groups is 1. The van der Waals surface area contributed by atoms with Crippen LogP contribution < -0.4 is 5.32 Å². The van der Waals surface area contributed by atoms with Crippen molar-refractivity contribution >= 4 is 34.2 Å². The second-order valence-corrected chi connectivity index (χ2v) is 8.69. The van der Waals surface area contributed by atoms with Gasteiger partial charge in [0.2, 0.25) is 5.91 Å². The molecule has 3 aromatic rings. The van der Waals surface area contributed by atoms with Gasteiger partial charge in [0, 0.05) is 13.1 Å². The molecule has 0 unspecified atom stereocenters. The van der Waals surface area contributed by atoms with Crippen LogP contribution in [0, 0.1) is 0 Å². The monoisotopic (exact) mass is 439 g/mol. The van der Waals surface area contributed by atoms with Crippen molar-refractivity contribution in [2.75, 3.05) is 19.6 Å². The average Bonchev–Trinajstić information content (AvgIpc) is 3.08. The summed E-state index contributed by atoms with van der Waals surface area (Å²) >= 11 is 0. The highest BCUT2D eigenvalue weighted by Gasteiger charge is 2.49. The molecule has 4 amide bonds. The van der Waals surface area contributed by atoms with Crippen molar-refractivity contribution in [1.82, 2.24) is 15.1 Å². The molecule has 0 bridgehead atoms. The number of nitrogens with one attached hydrogen (secondary N) is 1. The number of fused-ring (bicyclic) bond motifs is 1. The second kappa shape index (κ2) is 8.20. The smallest absolute Gasteiger partial charge is 0.325 e. The Labute approximate surface area is 192 Å². The maximum absolute atomic E-state index is 13.3. The number of hydrogen-bond acceptors (Lipinski definition) is 3. The Balaban J connectivity index is 1.30. The highest BCUT2D eigenvalue weighted by molar-refractivity contribution is 6.09. The topological polar surface area (TPSA) is 69.7 Å². The molecule has 0 aromatic heterocycles. The lowest BCUT2D eigenvalue weighted by Gasteiger charge is -2.28. The number of imide groups is 1. The van der Waals surface area contributed by atoms with Crippen LogP contribution in [-0.4, -0.2) is 47.3 Å². The van der Waals surface area contributed by atoms with E-state index in [9.17, 15) is 14.4 Å². The van der Waals surface area contributed by atoms with Crippen LogP contribution in [0.5, 0.6) is 0 Å². The Hall–Kier alpha value is -3.93. The van der Waals surface area contributed by atoms with E-state index >= 15 is 0 Å². The highest BCUT2D eigenvalue weighted by Crippen LogP contribution is 2.31. The summed E-state index contributed by atoms with van der Waals surface area (Å²) in [5, 5.41) is 4.85. The van der Waals surface area contributed by atoms with Crippen molar-refractivity contribution in [2.45, 2.75) is 18.9 Å². The van der Waals surface area contributed by atoms with Gasteiger partial charge in [-0.25, -0.2) is 4.79 Å². The third-order valence-electron chi connectivity index (χ3n) is 6.60. The molecular formula is C27H25N3O3. The number of carbonyl (C=O) groups excluding carboxylic acids is 3. The van der Waals surface area contributed by atoms with Crippen LogP contribution in [0.1, 0.15) is 24.5 Å². The zero-order valence-electron chi connectivity index (χ0n) is 18.5. The van der Waals surface area contributed by atoms with Gasteiger partial charge in [0.1, 0.15) is 12.1 Å². The fraction of sp³-hybridized carbons (Fsp3) is 0.222. The van der Waals surface area contributed by atoms with Gasteiger partial charge in [0.15, 0.2) is 0 Å². The van der Waals surface area contributed by atoms with Gasteiger partial charge in [0.05, 0.1) is 0 Å². The second-order valence-electron chi connectivity index (χ2n) is 8.69. The van der Waals surface area contributed by atoms with E-state index in [-0.39, 0.29) is 12.5 Å². The lowest BCUT2D eigenvalue weighted by molar-refractivity contribution is -0.138. The van der Waals surface area contributed by atoms with Crippen LogP contribution in [0.25, 0.3) is 16.3 Å². The molecular weight excluding hydrogens is 414 g/mol. The Morgan fingerprint density at radius 1 is 0.970 bits per heavy atom. The summed E-state index contributed by atoms with van der Waals surface area (Å²) in [5.41, 5.74) is 1.86. The van der Waals surface area contributed by atoms with Crippen molar-refractivity contribution in [3.8, 4) is 0 Å². The van der Waals surface area contributed by atoms with Gasteiger partial charge in [-0.15, -0.1) is 0 Å². The Kier molecular flexibility index (Phi) is 5.21. The molecule has 1 fully saturated rings. The molecule has 0 aliphatic carbocycles. The van der Waals surface area contributed by atoms with E-state index in [2.05, 4.69) is 17.4 Å². The Morgan fingerprint density at radius 2 is 1.70 bits per heavy atom. The van der Waals surface area contributed by atoms with Crippen molar-refractivity contribution in [3.05, 3.63) is 90.0 Å². The quantitative estimate of drug-likeness (QED) is 0.627. The molecule has 2 aliphatic rings. The van der Waals surface area contributed by atoms with Gasteiger partial charge in [-0.2, -0.15) is 0 Å². The van der Waals surface area contributed by atoms with Gasteiger partial charge in [0.25, 0.3) is 5.91 Å². The highest BCUT2D eigenvalue weighted by atomic mass is 16.2. The van der Waals surface area contributed by atoms with Crippen molar-refractivity contribution in [2.24, 2.45) is 0 Å². The maximum atomic E-state index is 13.3. The van der Waals surface area contributed by atoms with Crippen LogP contribution >= 0.6 is 0 Å². The first-order valence-corrected chi connectivity index (χ1v) is 11.1. The first-order chi connectivity index (χ1) is 16.0. The fourth-order valence-corrected chi connectivity index (χ4v) is 4.58. The lowest BCUT2D eigenvalue weighted by atomic mass is 9.90. The summed E-state index contributed by atoms with van der Waals surface area (Å²) in [6.45, 7) is 2.46. The summed E-state index contributed by atoms with van der Waals surface area (Å²) in [7, 11) is 0. The summed E-state index contributed by atoms with van der Waals surface area (Å²) in [5.74, 6) is -0.640. The predicted molar refractivity (Wildman–Crippen MR) is 127 cm³/mol. The molecule has 166 valence electrons. The minimum absolute atomic E-state index is 0.232. The molecule has 3 aromatic carbocycles. The Bertz CT molecular complexity index is 1280. The molecule has 0 spiro atoms. The third kappa shape index (κ3) is 3.78. The summed E-state index contributed by atoms with van der Waals surface area (Å²) in [6, 6.07) is 23.1. The lowest BCUT2D eigenvalue weighted by Crippen LogP contribution is -2.45. The third-order valence-corrected chi connectivity index (χ3v) is 6.60. The van der Waals surface area contributed by atoms with Crippen LogP contribution in [-0.2, 0) is 15.1 Å². The van der Waals surface area contributed by atoms with E-state index in [0.29, 0.717) is 18.7 Å². The predicted octanol–water partition coefficient (Wildman–Crippen LogP) is 3.92. The molecule has 0 saturated carbocycles. The summed E-state index contributed by atoms with van der Waals surface area (Å²) in [6.07, 6.45) is 2.78. The van der Waals surface area contributed by atoms with Crippen molar-refractivity contribution < 1.29 is 14.4 Å². The molecule has 1 atom stereocenters. The summed E-state index contributed by atoms with van der Waals surface area (Å²) in [4.78, 5) is 41.7. The SMILES string of the molecule is C[C@@]1(c2ccc3ccccc3c2)NC(=O)N(CC(=O)N2CC=C(c3ccccc3)CC2)C1=O. The minimum Gasteiger partial charge on any atom is -0.337 e. The van der Waals surface area contributed by atoms with Crippen LogP contribution in [0.3, 0.4) is 0 Å². The number of amides is 4. The van der Waals surface area contributed by atoms with Gasteiger partial charge in [-0.3, -0.25) is 14.5 Å². The van der Waals surface area contributed by atoms with E-state index in [0.717, 1.165) is 27.7 Å². The average molecular weight is 440 g/mol. The van der Waals surface area contributed by atoms with Crippen LogP contribution in [0.4, 0.5) is 4.79 Å². The van der Waals surface area contributed by atoms with E-state index < -0.39 is 17.5 Å². The standard InChI is InChI=1S/C27H25N3O3/c1-27(23-12-11-20-9-5-6-10-22(20)17-23)25(32)30(26(33)28-27)18-24(31)29-15-13-21(14-16-29)19-7-3-2-4-8-19/h2-13,17H,14-16,18H2,1H3,(H,28,33)/t27-/m0/s1. The van der Waals surface area contributed by atoms with Crippen LogP contribution in [0.15, 0.2) is 78.9 Å². The van der Waals surface area contributed by atoms with Gasteiger partial charge in [-0.1, -0.05) is 72.8 Å². The molecule has 0 radical (unpaired) electrons. The van der Waals surface area contributed by atoms with Gasteiger partial charge in [-0.05, 0) is 46.9 Å². The zero-order valence-corrected chi connectivity index (χ0v) is 18.5. The molecule has 33 heavy (non-hydrogen) atoms. The molecule has 5 rings (SSSR count). The van der Waals surface area contributed by atoms with E-state index in [1.54, 1.807) is 11.8 Å². The largest absolute Gasteiger partial charge is 0.337 e. The van der Waals surface area contributed by atoms with Crippen molar-refractivity contribution in [3.63, 3.8) is 0 Å². The van der Waals surface area contributed by atoms with E-state index in [4.69, 9.17) is 0 Å². The van der Waals surface area contributed by atoms with E-state index in [1.165, 1.54) is 5.57 Å². The molecule has 6 nitrogen and oxygen atoms in total. The van der Waals surface area contributed by atoms with E-state index in [1.807, 2.05) is 66.7 Å². The first-order valence-electron chi connectivity index (χ1n) is 11.1. The van der Waals surface area contributed by atoms with Crippen LogP contribution in [0.2, 0.25) is 0 Å². The van der Waals surface area contributed by atoms with Gasteiger partial charge >= 0.3 is 6.03 Å². The molecule has 2 aliphatic heterocycles. The maximum Gasteiger partial charge on any atom is 0.325 e. The van der Waals surface area contributed by atoms with Gasteiger partial charge < -0.3 is 10.2 Å². The number of rotatable bonds is 4. The molecule has 6 heteroatoms. The summed E-state index contributed by atoms with van der Waals surface area (Å²) < 4.78 is 0. The fourth-order valence-electron chi connectivity index (χ4n) is 4.58. The zero-order chi connectivity index (χ0) is 23.0. The Morgan fingerprint density at radius 3 is 2.42 bits per heavy atom. The normalized spacial score (nSPS) is 20.7. The molecule has 1 saturated heterocycles. The minimum atomic E-state index is -1.20. The number of benzene rings is 3. The molecule has 2 heterocycles. The number of hydrogen-bond donors (Lipinski definition) is 1. The first kappa shape index (κ1) is 20.9. The number of nitrogens with zero attached hydrogens (tertiary/aromatic N) is 2. The van der Waals surface area contributed by atoms with Crippen molar-refractivity contribution in [1.29, 1.82) is 0 Å².